The predicted octanol–water partition coefficient (Wildman–Crippen LogP) is 4.73. The zero-order valence-corrected chi connectivity index (χ0v) is 18.9. The number of nitrogens with zero attached hydrogens (tertiary/aromatic N) is 4. The normalized spacial score (nSPS) is 11.4. The smallest absolute Gasteiger partial charge is 0.254 e. The molecule has 2 N–H and O–H groups in total. The number of benzene rings is 2. The van der Waals surface area contributed by atoms with E-state index >= 15 is 0 Å². The molecular formula is C26H26N6O. The van der Waals surface area contributed by atoms with Crippen molar-refractivity contribution in [1.82, 2.24) is 24.5 Å². The summed E-state index contributed by atoms with van der Waals surface area (Å²) in [5.41, 5.74) is 4.57. The summed E-state index contributed by atoms with van der Waals surface area (Å²) in [7, 11) is 0. The summed E-state index contributed by atoms with van der Waals surface area (Å²) >= 11 is 0. The van der Waals surface area contributed by atoms with Crippen molar-refractivity contribution in [2.24, 2.45) is 0 Å². The van der Waals surface area contributed by atoms with Gasteiger partial charge < -0.3 is 10.6 Å². The topological polar surface area (TPSA) is 76.2 Å². The predicted molar refractivity (Wildman–Crippen MR) is 131 cm³/mol. The summed E-state index contributed by atoms with van der Waals surface area (Å²) in [5, 5.41) is 12.1. The molecule has 5 aromatic rings. The second-order valence-corrected chi connectivity index (χ2v) is 8.43. The third-order valence-electron chi connectivity index (χ3n) is 5.58. The maximum absolute atomic E-state index is 12.8. The van der Waals surface area contributed by atoms with E-state index in [0.717, 1.165) is 27.9 Å². The van der Waals surface area contributed by atoms with E-state index < -0.39 is 0 Å². The minimum atomic E-state index is -0.0836. The highest BCUT2D eigenvalue weighted by molar-refractivity contribution is 6.07. The van der Waals surface area contributed by atoms with Crippen LogP contribution in [0.1, 0.15) is 35.5 Å². The van der Waals surface area contributed by atoms with Crippen LogP contribution < -0.4 is 10.6 Å². The number of amides is 1. The van der Waals surface area contributed by atoms with Crippen LogP contribution in [0.2, 0.25) is 0 Å². The van der Waals surface area contributed by atoms with Crippen LogP contribution in [0.3, 0.4) is 0 Å². The molecule has 2 aromatic carbocycles. The van der Waals surface area contributed by atoms with Crippen molar-refractivity contribution < 1.29 is 4.79 Å². The van der Waals surface area contributed by atoms with E-state index in [0.29, 0.717) is 18.1 Å². The first kappa shape index (κ1) is 20.8. The lowest BCUT2D eigenvalue weighted by Crippen LogP contribution is -2.30. The van der Waals surface area contributed by atoms with Gasteiger partial charge in [0, 0.05) is 35.4 Å². The zero-order valence-electron chi connectivity index (χ0n) is 18.9. The summed E-state index contributed by atoms with van der Waals surface area (Å²) in [4.78, 5) is 17.7. The number of anilines is 1. The number of aromatic nitrogens is 4. The Kier molecular flexibility index (Phi) is 5.30. The van der Waals surface area contributed by atoms with Crippen molar-refractivity contribution in [3.05, 3.63) is 89.7 Å². The van der Waals surface area contributed by atoms with Crippen LogP contribution in [0.5, 0.6) is 0 Å². The second kappa shape index (κ2) is 8.43. The summed E-state index contributed by atoms with van der Waals surface area (Å²) in [6, 6.07) is 22.0. The van der Waals surface area contributed by atoms with Gasteiger partial charge in [0.2, 0.25) is 0 Å². The molecule has 0 radical (unpaired) electrons. The number of rotatable bonds is 6. The SMILES string of the molecule is Cc1cc2c(C(=O)NC(C)C)cccc2n1-c1nc(NCc2ccccc2)c2cccn2n1. The van der Waals surface area contributed by atoms with Crippen molar-refractivity contribution in [1.29, 1.82) is 0 Å². The van der Waals surface area contributed by atoms with E-state index in [2.05, 4.69) is 22.8 Å². The molecule has 0 saturated heterocycles. The average molecular weight is 439 g/mol. The number of carbonyl (C=O) groups is 1. The average Bonchev–Trinajstić information content (AvgIpc) is 3.40. The standard InChI is InChI=1S/C26H26N6O/c1-17(2)28-25(33)20-11-7-12-22-21(20)15-18(3)32(22)26-29-24(23-13-8-14-31(23)30-26)27-16-19-9-5-4-6-10-19/h4-15,17H,16H2,1-3H3,(H,28,33)(H,27,29,30). The number of carbonyl (C=O) groups excluding carboxylic acids is 1. The lowest BCUT2D eigenvalue weighted by Gasteiger charge is -2.13. The minimum absolute atomic E-state index is 0.0636. The van der Waals surface area contributed by atoms with Gasteiger partial charge in [0.05, 0.1) is 5.52 Å². The van der Waals surface area contributed by atoms with Crippen LogP contribution in [0, 0.1) is 6.92 Å². The monoisotopic (exact) mass is 438 g/mol. The van der Waals surface area contributed by atoms with Gasteiger partial charge >= 0.3 is 0 Å². The Morgan fingerprint density at radius 3 is 2.58 bits per heavy atom. The molecule has 5 rings (SSSR count). The largest absolute Gasteiger partial charge is 0.364 e. The Morgan fingerprint density at radius 1 is 1.00 bits per heavy atom. The number of aryl methyl sites for hydroxylation is 1. The molecule has 1 amide bonds. The van der Waals surface area contributed by atoms with Crippen molar-refractivity contribution in [3.63, 3.8) is 0 Å². The number of hydrogen-bond donors (Lipinski definition) is 2. The Labute approximate surface area is 192 Å². The van der Waals surface area contributed by atoms with Gasteiger partial charge in [0.1, 0.15) is 5.52 Å². The Hall–Kier alpha value is -4.13. The van der Waals surface area contributed by atoms with Gasteiger partial charge in [-0.25, -0.2) is 4.52 Å². The molecule has 0 spiro atoms. The molecule has 7 nitrogen and oxygen atoms in total. The highest BCUT2D eigenvalue weighted by Crippen LogP contribution is 2.27. The quantitative estimate of drug-likeness (QED) is 0.402. The number of hydrogen-bond acceptors (Lipinski definition) is 4. The van der Waals surface area contributed by atoms with Gasteiger partial charge in [-0.3, -0.25) is 9.36 Å². The Bertz CT molecular complexity index is 1450. The van der Waals surface area contributed by atoms with E-state index in [-0.39, 0.29) is 11.9 Å². The molecule has 166 valence electrons. The number of fused-ring (bicyclic) bond motifs is 2. The molecule has 3 aromatic heterocycles. The number of nitrogens with one attached hydrogen (secondary N) is 2. The van der Waals surface area contributed by atoms with Crippen LogP contribution in [0.4, 0.5) is 5.82 Å². The molecule has 3 heterocycles. The summed E-state index contributed by atoms with van der Waals surface area (Å²) in [5.74, 6) is 1.21. The van der Waals surface area contributed by atoms with E-state index in [1.54, 1.807) is 0 Å². The van der Waals surface area contributed by atoms with E-state index in [1.165, 1.54) is 5.56 Å². The van der Waals surface area contributed by atoms with Crippen LogP contribution in [-0.4, -0.2) is 31.1 Å². The maximum Gasteiger partial charge on any atom is 0.254 e. The molecule has 0 bridgehead atoms. The van der Waals surface area contributed by atoms with E-state index in [1.807, 2.05) is 90.6 Å². The Balaban J connectivity index is 1.60. The molecule has 33 heavy (non-hydrogen) atoms. The minimum Gasteiger partial charge on any atom is -0.364 e. The lowest BCUT2D eigenvalue weighted by atomic mass is 10.1. The lowest BCUT2D eigenvalue weighted by molar-refractivity contribution is 0.0945. The first-order valence-electron chi connectivity index (χ1n) is 11.1. The third-order valence-corrected chi connectivity index (χ3v) is 5.58. The fourth-order valence-electron chi connectivity index (χ4n) is 4.10. The summed E-state index contributed by atoms with van der Waals surface area (Å²) < 4.78 is 3.82. The van der Waals surface area contributed by atoms with Crippen molar-refractivity contribution in [3.8, 4) is 5.95 Å². The van der Waals surface area contributed by atoms with Crippen molar-refractivity contribution in [2.45, 2.75) is 33.4 Å². The van der Waals surface area contributed by atoms with Crippen LogP contribution in [0.25, 0.3) is 22.4 Å². The zero-order chi connectivity index (χ0) is 22.9. The van der Waals surface area contributed by atoms with Crippen LogP contribution in [0.15, 0.2) is 72.9 Å². The molecule has 0 aliphatic carbocycles. The summed E-state index contributed by atoms with van der Waals surface area (Å²) in [6.45, 7) is 6.57. The van der Waals surface area contributed by atoms with Crippen molar-refractivity contribution >= 4 is 28.1 Å². The molecule has 7 heteroatoms. The van der Waals surface area contributed by atoms with Gasteiger partial charge in [-0.1, -0.05) is 36.4 Å². The maximum atomic E-state index is 12.8. The fourth-order valence-corrected chi connectivity index (χ4v) is 4.10. The molecule has 0 unspecified atom stereocenters. The molecule has 0 saturated carbocycles. The van der Waals surface area contributed by atoms with Crippen molar-refractivity contribution in [2.75, 3.05) is 5.32 Å². The first-order chi connectivity index (χ1) is 16.0. The fraction of sp³-hybridized carbons (Fsp3) is 0.192. The van der Waals surface area contributed by atoms with Gasteiger partial charge in [-0.15, -0.1) is 5.10 Å². The van der Waals surface area contributed by atoms with E-state index in [9.17, 15) is 4.79 Å². The third kappa shape index (κ3) is 3.93. The van der Waals surface area contributed by atoms with Gasteiger partial charge in [-0.2, -0.15) is 4.98 Å². The second-order valence-electron chi connectivity index (χ2n) is 8.43. The highest BCUT2D eigenvalue weighted by Gasteiger charge is 2.18. The molecule has 0 atom stereocenters. The Morgan fingerprint density at radius 2 is 1.79 bits per heavy atom. The highest BCUT2D eigenvalue weighted by atomic mass is 16.1. The molecule has 0 aliphatic rings. The molecular weight excluding hydrogens is 412 g/mol. The van der Waals surface area contributed by atoms with Gasteiger partial charge in [0.25, 0.3) is 11.9 Å². The summed E-state index contributed by atoms with van der Waals surface area (Å²) in [6.07, 6.45) is 1.91. The van der Waals surface area contributed by atoms with E-state index in [4.69, 9.17) is 10.1 Å². The van der Waals surface area contributed by atoms with Crippen LogP contribution in [-0.2, 0) is 6.54 Å². The van der Waals surface area contributed by atoms with Crippen LogP contribution >= 0.6 is 0 Å². The first-order valence-corrected chi connectivity index (χ1v) is 11.1. The molecule has 0 fully saturated rings. The van der Waals surface area contributed by atoms with Gasteiger partial charge in [-0.05, 0) is 56.7 Å². The van der Waals surface area contributed by atoms with Gasteiger partial charge in [0.15, 0.2) is 5.82 Å². The molecule has 0 aliphatic heterocycles.